The lowest BCUT2D eigenvalue weighted by molar-refractivity contribution is -0.138. The minimum Gasteiger partial charge on any atom is -0.347 e. The molecule has 1 aromatic carbocycles. The lowest BCUT2D eigenvalue weighted by atomic mass is 9.96. The molecule has 26 heavy (non-hydrogen) atoms. The quantitative estimate of drug-likeness (QED) is 0.835. The minimum atomic E-state index is -1.07. The summed E-state index contributed by atoms with van der Waals surface area (Å²) in [7, 11) is 0. The number of piperidine rings is 1. The molecule has 0 aliphatic carbocycles. The van der Waals surface area contributed by atoms with E-state index >= 15 is 0 Å². The van der Waals surface area contributed by atoms with E-state index < -0.39 is 17.5 Å². The van der Waals surface area contributed by atoms with Gasteiger partial charge in [-0.1, -0.05) is 13.8 Å². The van der Waals surface area contributed by atoms with Crippen molar-refractivity contribution in [1.82, 2.24) is 10.2 Å². The molecule has 1 heterocycles. The number of likely N-dealkylation sites (tertiary alicyclic amines) is 1. The molecule has 3 amide bonds. The second-order valence-corrected chi connectivity index (χ2v) is 6.67. The standard InChI is InChI=1S/C18H23F2N3O3/c1-11(2)18(26)23-7-3-4-12(10-23)17(25)21-9-16(24)22-13-5-6-14(19)15(20)8-13/h5-6,8,11-12H,3-4,7,9-10H2,1-2H3,(H,21,25)(H,22,24)/t12-/m0/s1. The van der Waals surface area contributed by atoms with Crippen LogP contribution in [0.4, 0.5) is 14.5 Å². The van der Waals surface area contributed by atoms with Crippen molar-refractivity contribution in [3.05, 3.63) is 29.8 Å². The molecule has 1 saturated heterocycles. The first kappa shape index (κ1) is 19.8. The van der Waals surface area contributed by atoms with Crippen LogP contribution in [0, 0.1) is 23.5 Å². The van der Waals surface area contributed by atoms with E-state index in [1.54, 1.807) is 4.90 Å². The summed E-state index contributed by atoms with van der Waals surface area (Å²) in [6, 6.07) is 3.01. The van der Waals surface area contributed by atoms with Gasteiger partial charge in [-0.25, -0.2) is 8.78 Å². The number of halogens is 2. The summed E-state index contributed by atoms with van der Waals surface area (Å²) >= 11 is 0. The van der Waals surface area contributed by atoms with Crippen LogP contribution >= 0.6 is 0 Å². The van der Waals surface area contributed by atoms with Crippen LogP contribution in [0.15, 0.2) is 18.2 Å². The smallest absolute Gasteiger partial charge is 0.243 e. The number of nitrogens with zero attached hydrogens (tertiary/aromatic N) is 1. The van der Waals surface area contributed by atoms with Crippen LogP contribution in [0.5, 0.6) is 0 Å². The van der Waals surface area contributed by atoms with Crippen LogP contribution in [0.3, 0.4) is 0 Å². The number of carbonyl (C=O) groups excluding carboxylic acids is 3. The summed E-state index contributed by atoms with van der Waals surface area (Å²) in [5.74, 6) is -3.39. The Morgan fingerprint density at radius 1 is 1.23 bits per heavy atom. The van der Waals surface area contributed by atoms with Crippen molar-refractivity contribution in [1.29, 1.82) is 0 Å². The summed E-state index contributed by atoms with van der Waals surface area (Å²) in [6.07, 6.45) is 1.39. The first-order chi connectivity index (χ1) is 12.3. The van der Waals surface area contributed by atoms with Crippen molar-refractivity contribution in [2.75, 3.05) is 25.0 Å². The molecule has 0 radical (unpaired) electrons. The summed E-state index contributed by atoms with van der Waals surface area (Å²) in [4.78, 5) is 37.8. The van der Waals surface area contributed by atoms with E-state index in [-0.39, 0.29) is 35.9 Å². The van der Waals surface area contributed by atoms with Crippen LogP contribution in [0.1, 0.15) is 26.7 Å². The summed E-state index contributed by atoms with van der Waals surface area (Å²) in [6.45, 7) is 4.32. The van der Waals surface area contributed by atoms with Crippen LogP contribution in [0.2, 0.25) is 0 Å². The predicted molar refractivity (Wildman–Crippen MR) is 92.1 cm³/mol. The molecule has 1 aliphatic rings. The first-order valence-electron chi connectivity index (χ1n) is 8.59. The lowest BCUT2D eigenvalue weighted by Gasteiger charge is -2.33. The maximum absolute atomic E-state index is 13.1. The van der Waals surface area contributed by atoms with Gasteiger partial charge in [0.25, 0.3) is 0 Å². The van der Waals surface area contributed by atoms with Crippen molar-refractivity contribution in [3.63, 3.8) is 0 Å². The highest BCUT2D eigenvalue weighted by atomic mass is 19.2. The topological polar surface area (TPSA) is 78.5 Å². The molecule has 0 unspecified atom stereocenters. The van der Waals surface area contributed by atoms with Crippen molar-refractivity contribution in [3.8, 4) is 0 Å². The fourth-order valence-corrected chi connectivity index (χ4v) is 2.85. The van der Waals surface area contributed by atoms with Crippen molar-refractivity contribution in [2.24, 2.45) is 11.8 Å². The third kappa shape index (κ3) is 5.24. The zero-order valence-corrected chi connectivity index (χ0v) is 14.9. The van der Waals surface area contributed by atoms with Gasteiger partial charge in [-0.15, -0.1) is 0 Å². The number of anilines is 1. The third-order valence-corrected chi connectivity index (χ3v) is 4.22. The Kier molecular flexibility index (Phi) is 6.65. The van der Waals surface area contributed by atoms with Gasteiger partial charge in [0, 0.05) is 30.8 Å². The average Bonchev–Trinajstić information content (AvgIpc) is 2.62. The summed E-state index contributed by atoms with van der Waals surface area (Å²) in [5.41, 5.74) is 0.106. The van der Waals surface area contributed by atoms with Gasteiger partial charge >= 0.3 is 0 Å². The molecule has 0 saturated carbocycles. The van der Waals surface area contributed by atoms with Gasteiger partial charge in [-0.2, -0.15) is 0 Å². The second kappa shape index (κ2) is 8.73. The summed E-state index contributed by atoms with van der Waals surface area (Å²) < 4.78 is 26.0. The second-order valence-electron chi connectivity index (χ2n) is 6.67. The third-order valence-electron chi connectivity index (χ3n) is 4.22. The highest BCUT2D eigenvalue weighted by molar-refractivity contribution is 5.94. The number of carbonyl (C=O) groups is 3. The zero-order valence-electron chi connectivity index (χ0n) is 14.9. The average molecular weight is 367 g/mol. The number of hydrogen-bond acceptors (Lipinski definition) is 3. The number of benzene rings is 1. The molecule has 2 N–H and O–H groups in total. The van der Waals surface area contributed by atoms with Gasteiger partial charge in [-0.05, 0) is 25.0 Å². The maximum Gasteiger partial charge on any atom is 0.243 e. The molecule has 1 atom stereocenters. The molecular formula is C18H23F2N3O3. The van der Waals surface area contributed by atoms with Crippen LogP contribution in [-0.2, 0) is 14.4 Å². The van der Waals surface area contributed by atoms with Crippen LogP contribution < -0.4 is 10.6 Å². The maximum atomic E-state index is 13.1. The number of hydrogen-bond donors (Lipinski definition) is 2. The fraction of sp³-hybridized carbons (Fsp3) is 0.500. The molecule has 1 fully saturated rings. The SMILES string of the molecule is CC(C)C(=O)N1CCC[C@H](C(=O)NCC(=O)Nc2ccc(F)c(F)c2)C1. The molecule has 6 nitrogen and oxygen atoms in total. The Morgan fingerprint density at radius 3 is 2.62 bits per heavy atom. The predicted octanol–water partition coefficient (Wildman–Crippen LogP) is 1.91. The largest absolute Gasteiger partial charge is 0.347 e. The fourth-order valence-electron chi connectivity index (χ4n) is 2.85. The minimum absolute atomic E-state index is 0.0126. The van der Waals surface area contributed by atoms with Gasteiger partial charge in [0.1, 0.15) is 0 Å². The Balaban J connectivity index is 1.82. The van der Waals surface area contributed by atoms with Gasteiger partial charge in [0.15, 0.2) is 11.6 Å². The Morgan fingerprint density at radius 2 is 1.96 bits per heavy atom. The van der Waals surface area contributed by atoms with Crippen molar-refractivity contribution < 1.29 is 23.2 Å². The number of amides is 3. The highest BCUT2D eigenvalue weighted by Gasteiger charge is 2.29. The first-order valence-corrected chi connectivity index (χ1v) is 8.59. The molecule has 1 aliphatic heterocycles. The van der Waals surface area contributed by atoms with Gasteiger partial charge in [0.05, 0.1) is 12.5 Å². The zero-order chi connectivity index (χ0) is 19.3. The summed E-state index contributed by atoms with van der Waals surface area (Å²) in [5, 5.41) is 4.92. The Bertz CT molecular complexity index is 694. The van der Waals surface area contributed by atoms with E-state index in [1.165, 1.54) is 6.07 Å². The molecule has 0 bridgehead atoms. The molecule has 8 heteroatoms. The van der Waals surface area contributed by atoms with Crippen molar-refractivity contribution >= 4 is 23.4 Å². The monoisotopic (exact) mass is 367 g/mol. The Hall–Kier alpha value is -2.51. The molecular weight excluding hydrogens is 344 g/mol. The Labute approximate surface area is 150 Å². The highest BCUT2D eigenvalue weighted by Crippen LogP contribution is 2.18. The van der Waals surface area contributed by atoms with Gasteiger partial charge in [-0.3, -0.25) is 14.4 Å². The van der Waals surface area contributed by atoms with Crippen LogP contribution in [0.25, 0.3) is 0 Å². The van der Waals surface area contributed by atoms with Crippen LogP contribution in [-0.4, -0.2) is 42.3 Å². The van der Waals surface area contributed by atoms with E-state index in [4.69, 9.17) is 0 Å². The van der Waals surface area contributed by atoms with E-state index in [0.717, 1.165) is 18.6 Å². The lowest BCUT2D eigenvalue weighted by Crippen LogP contribution is -2.47. The van der Waals surface area contributed by atoms with Gasteiger partial charge < -0.3 is 15.5 Å². The molecule has 142 valence electrons. The normalized spacial score (nSPS) is 17.1. The molecule has 0 spiro atoms. The van der Waals surface area contributed by atoms with E-state index in [2.05, 4.69) is 10.6 Å². The molecule has 2 rings (SSSR count). The molecule has 0 aromatic heterocycles. The van der Waals surface area contributed by atoms with E-state index in [0.29, 0.717) is 19.5 Å². The number of nitrogens with one attached hydrogen (secondary N) is 2. The molecule has 1 aromatic rings. The number of rotatable bonds is 5. The van der Waals surface area contributed by atoms with Crippen molar-refractivity contribution in [2.45, 2.75) is 26.7 Å². The van der Waals surface area contributed by atoms with Gasteiger partial charge in [0.2, 0.25) is 17.7 Å². The van der Waals surface area contributed by atoms with E-state index in [1.807, 2.05) is 13.8 Å². The van der Waals surface area contributed by atoms with E-state index in [9.17, 15) is 23.2 Å².